The summed E-state index contributed by atoms with van der Waals surface area (Å²) in [6.45, 7) is 2.02. The average molecular weight is 283 g/mol. The Bertz CT molecular complexity index is 833. The molecule has 2 aromatic carbocycles. The SMILES string of the molecule is Cc1cccc(C=CC2=NS(=O)(=O)c3ccccc32)c1. The first-order valence-corrected chi connectivity index (χ1v) is 7.69. The lowest BCUT2D eigenvalue weighted by Crippen LogP contribution is -1.93. The van der Waals surface area contributed by atoms with Crippen LogP contribution in [0.25, 0.3) is 6.08 Å². The highest BCUT2D eigenvalue weighted by Crippen LogP contribution is 2.26. The standard InChI is InChI=1S/C16H13NO2S/c1-12-5-4-6-13(11-12)9-10-15-14-7-2-3-8-16(14)20(18,19)17-15/h2-11H,1H3. The van der Waals surface area contributed by atoms with Crippen LogP contribution in [0.3, 0.4) is 0 Å². The first-order chi connectivity index (χ1) is 9.56. The van der Waals surface area contributed by atoms with Crippen molar-refractivity contribution in [3.63, 3.8) is 0 Å². The number of rotatable bonds is 2. The zero-order chi connectivity index (χ0) is 14.2. The van der Waals surface area contributed by atoms with Crippen LogP contribution in [-0.2, 0) is 10.0 Å². The molecule has 0 N–H and O–H groups in total. The van der Waals surface area contributed by atoms with Gasteiger partial charge < -0.3 is 0 Å². The van der Waals surface area contributed by atoms with E-state index in [4.69, 9.17) is 0 Å². The van der Waals surface area contributed by atoms with Crippen molar-refractivity contribution in [1.29, 1.82) is 0 Å². The number of benzene rings is 2. The Morgan fingerprint density at radius 2 is 1.80 bits per heavy atom. The molecule has 20 heavy (non-hydrogen) atoms. The van der Waals surface area contributed by atoms with Crippen LogP contribution in [0.2, 0.25) is 0 Å². The second-order valence-electron chi connectivity index (χ2n) is 4.70. The van der Waals surface area contributed by atoms with Gasteiger partial charge in [-0.05, 0) is 24.6 Å². The van der Waals surface area contributed by atoms with Crippen molar-refractivity contribution in [2.75, 3.05) is 0 Å². The maximum atomic E-state index is 11.9. The molecule has 0 saturated heterocycles. The molecule has 0 saturated carbocycles. The fourth-order valence-electron chi connectivity index (χ4n) is 2.20. The second kappa shape index (κ2) is 4.72. The van der Waals surface area contributed by atoms with Crippen molar-refractivity contribution in [3.05, 3.63) is 71.3 Å². The van der Waals surface area contributed by atoms with Crippen LogP contribution >= 0.6 is 0 Å². The largest absolute Gasteiger partial charge is 0.283 e. The lowest BCUT2D eigenvalue weighted by Gasteiger charge is -1.97. The molecule has 0 amide bonds. The molecule has 0 aromatic heterocycles. The van der Waals surface area contributed by atoms with Crippen molar-refractivity contribution in [3.8, 4) is 0 Å². The Morgan fingerprint density at radius 1 is 1.00 bits per heavy atom. The Morgan fingerprint density at radius 3 is 2.60 bits per heavy atom. The second-order valence-corrected chi connectivity index (χ2v) is 6.27. The van der Waals surface area contributed by atoms with Crippen molar-refractivity contribution < 1.29 is 8.42 Å². The van der Waals surface area contributed by atoms with Crippen LogP contribution < -0.4 is 0 Å². The van der Waals surface area contributed by atoms with E-state index in [-0.39, 0.29) is 4.90 Å². The van der Waals surface area contributed by atoms with Gasteiger partial charge in [-0.15, -0.1) is 0 Å². The van der Waals surface area contributed by atoms with Gasteiger partial charge in [0.2, 0.25) is 0 Å². The zero-order valence-electron chi connectivity index (χ0n) is 10.9. The van der Waals surface area contributed by atoms with Gasteiger partial charge >= 0.3 is 0 Å². The third-order valence-electron chi connectivity index (χ3n) is 3.14. The molecular weight excluding hydrogens is 270 g/mol. The fraction of sp³-hybridized carbons (Fsp3) is 0.0625. The number of hydrogen-bond acceptors (Lipinski definition) is 2. The third-order valence-corrected chi connectivity index (χ3v) is 4.48. The highest BCUT2D eigenvalue weighted by atomic mass is 32.2. The first kappa shape index (κ1) is 12.8. The molecule has 0 fully saturated rings. The van der Waals surface area contributed by atoms with Crippen LogP contribution in [0.5, 0.6) is 0 Å². The Labute approximate surface area is 118 Å². The van der Waals surface area contributed by atoms with Crippen LogP contribution in [0.4, 0.5) is 0 Å². The molecule has 3 rings (SSSR count). The fourth-order valence-corrected chi connectivity index (χ4v) is 3.42. The van der Waals surface area contributed by atoms with Crippen molar-refractivity contribution in [1.82, 2.24) is 0 Å². The molecule has 100 valence electrons. The smallest absolute Gasteiger partial charge is 0.199 e. The summed E-state index contributed by atoms with van der Waals surface area (Å²) in [4.78, 5) is 0.281. The lowest BCUT2D eigenvalue weighted by molar-refractivity contribution is 0.599. The van der Waals surface area contributed by atoms with E-state index in [0.29, 0.717) is 11.3 Å². The Kier molecular flexibility index (Phi) is 3.03. The van der Waals surface area contributed by atoms with Gasteiger partial charge in [-0.25, -0.2) is 0 Å². The predicted molar refractivity (Wildman–Crippen MR) is 80.4 cm³/mol. The monoisotopic (exact) mass is 283 g/mol. The molecule has 4 heteroatoms. The van der Waals surface area contributed by atoms with E-state index in [0.717, 1.165) is 11.1 Å². The minimum atomic E-state index is -3.53. The zero-order valence-corrected chi connectivity index (χ0v) is 11.8. The van der Waals surface area contributed by atoms with E-state index in [1.165, 1.54) is 0 Å². The molecule has 0 atom stereocenters. The van der Waals surface area contributed by atoms with Gasteiger partial charge in [0.15, 0.2) is 0 Å². The number of allylic oxidation sites excluding steroid dienone is 1. The summed E-state index contributed by atoms with van der Waals surface area (Å²) in [7, 11) is -3.53. The minimum absolute atomic E-state index is 0.281. The van der Waals surface area contributed by atoms with E-state index in [9.17, 15) is 8.42 Å². The summed E-state index contributed by atoms with van der Waals surface area (Å²) >= 11 is 0. The molecular formula is C16H13NO2S. The molecule has 0 aliphatic carbocycles. The van der Waals surface area contributed by atoms with Gasteiger partial charge in [-0.2, -0.15) is 12.8 Å². The molecule has 3 nitrogen and oxygen atoms in total. The molecule has 2 aromatic rings. The molecule has 0 radical (unpaired) electrons. The van der Waals surface area contributed by atoms with E-state index in [1.54, 1.807) is 24.3 Å². The lowest BCUT2D eigenvalue weighted by atomic mass is 10.1. The molecule has 0 spiro atoms. The summed E-state index contributed by atoms with van der Waals surface area (Å²) < 4.78 is 27.6. The van der Waals surface area contributed by atoms with Crippen LogP contribution in [0, 0.1) is 6.92 Å². The van der Waals surface area contributed by atoms with E-state index in [1.807, 2.05) is 43.3 Å². The molecule has 1 aliphatic rings. The van der Waals surface area contributed by atoms with Crippen LogP contribution in [-0.4, -0.2) is 14.1 Å². The number of nitrogens with zero attached hydrogens (tertiary/aromatic N) is 1. The molecule has 0 bridgehead atoms. The van der Waals surface area contributed by atoms with Crippen molar-refractivity contribution in [2.24, 2.45) is 4.40 Å². The average Bonchev–Trinajstić information content (AvgIpc) is 2.69. The van der Waals surface area contributed by atoms with Crippen LogP contribution in [0.1, 0.15) is 16.7 Å². The quantitative estimate of drug-likeness (QED) is 0.849. The highest BCUT2D eigenvalue weighted by molar-refractivity contribution is 7.90. The van der Waals surface area contributed by atoms with Gasteiger partial charge in [-0.1, -0.05) is 54.1 Å². The van der Waals surface area contributed by atoms with Gasteiger partial charge in [0.05, 0.1) is 10.6 Å². The van der Waals surface area contributed by atoms with E-state index >= 15 is 0 Å². The van der Waals surface area contributed by atoms with Gasteiger partial charge in [0.1, 0.15) is 0 Å². The van der Waals surface area contributed by atoms with Crippen LogP contribution in [0.15, 0.2) is 63.9 Å². The summed E-state index contributed by atoms with van der Waals surface area (Å²) in [5.74, 6) is 0. The summed E-state index contributed by atoms with van der Waals surface area (Å²) in [5, 5.41) is 0. The highest BCUT2D eigenvalue weighted by Gasteiger charge is 2.26. The molecule has 1 aliphatic heterocycles. The summed E-state index contributed by atoms with van der Waals surface area (Å²) in [6, 6.07) is 14.9. The molecule has 0 unspecified atom stereocenters. The third kappa shape index (κ3) is 2.30. The minimum Gasteiger partial charge on any atom is -0.199 e. The maximum absolute atomic E-state index is 11.9. The topological polar surface area (TPSA) is 46.5 Å². The van der Waals surface area contributed by atoms with Crippen molar-refractivity contribution >= 4 is 21.8 Å². The number of hydrogen-bond donors (Lipinski definition) is 0. The first-order valence-electron chi connectivity index (χ1n) is 6.25. The number of fused-ring (bicyclic) bond motifs is 1. The van der Waals surface area contributed by atoms with Crippen molar-refractivity contribution in [2.45, 2.75) is 11.8 Å². The van der Waals surface area contributed by atoms with Gasteiger partial charge in [0.25, 0.3) is 10.0 Å². The van der Waals surface area contributed by atoms with E-state index in [2.05, 4.69) is 4.40 Å². The Balaban J connectivity index is 2.01. The Hall–Kier alpha value is -2.20. The summed E-state index contributed by atoms with van der Waals surface area (Å²) in [5.41, 5.74) is 3.33. The van der Waals surface area contributed by atoms with E-state index < -0.39 is 10.0 Å². The van der Waals surface area contributed by atoms with Gasteiger partial charge in [-0.3, -0.25) is 0 Å². The number of sulfonamides is 1. The maximum Gasteiger partial charge on any atom is 0.283 e. The summed E-state index contributed by atoms with van der Waals surface area (Å²) in [6.07, 6.45) is 3.63. The predicted octanol–water partition coefficient (Wildman–Crippen LogP) is 3.20. The number of aryl methyl sites for hydroxylation is 1. The normalized spacial score (nSPS) is 16.1. The van der Waals surface area contributed by atoms with Gasteiger partial charge in [0, 0.05) is 5.56 Å². The molecule has 1 heterocycles.